The molecule has 0 radical (unpaired) electrons. The third-order valence-electron chi connectivity index (χ3n) is 1.75. The molecule has 0 aliphatic heterocycles. The number of thioether (sulfide) groups is 1. The molecule has 0 aliphatic rings. The average molecular weight is 232 g/mol. The highest BCUT2D eigenvalue weighted by atomic mass is 32.2. The molecule has 1 rings (SSSR count). The highest BCUT2D eigenvalue weighted by Gasteiger charge is 1.98. The van der Waals surface area contributed by atoms with Gasteiger partial charge in [-0.15, -0.1) is 0 Å². The van der Waals surface area contributed by atoms with Gasteiger partial charge in [0.15, 0.2) is 0 Å². The molecular weight excluding hydrogens is 216 g/mol. The largest absolute Gasteiger partial charge is 0.402 e. The van der Waals surface area contributed by atoms with Crippen LogP contribution in [0.25, 0.3) is 0 Å². The Labute approximate surface area is 101 Å². The summed E-state index contributed by atoms with van der Waals surface area (Å²) in [5, 5.41) is 0. The molecule has 0 aliphatic carbocycles. The van der Waals surface area contributed by atoms with Crippen LogP contribution in [0, 0.1) is 0 Å². The van der Waals surface area contributed by atoms with Gasteiger partial charge in [0.05, 0.1) is 0 Å². The molecule has 0 aromatic heterocycles. The van der Waals surface area contributed by atoms with E-state index < -0.39 is 0 Å². The molecule has 2 nitrogen and oxygen atoms in total. The van der Waals surface area contributed by atoms with Crippen molar-refractivity contribution in [2.75, 3.05) is 5.73 Å². The van der Waals surface area contributed by atoms with Gasteiger partial charge in [0, 0.05) is 21.2 Å². The first-order chi connectivity index (χ1) is 7.61. The molecule has 0 saturated carbocycles. The molecule has 0 saturated heterocycles. The summed E-state index contributed by atoms with van der Waals surface area (Å²) in [7, 11) is 0. The number of allylic oxidation sites excluding steroid dienone is 4. The summed E-state index contributed by atoms with van der Waals surface area (Å²) >= 11 is 1.61. The predicted molar refractivity (Wildman–Crippen MR) is 72.9 cm³/mol. The maximum Gasteiger partial charge on any atom is 0.0325 e. The Morgan fingerprint density at radius 2 is 2.19 bits per heavy atom. The Hall–Kier alpha value is -1.61. The van der Waals surface area contributed by atoms with Crippen LogP contribution in [0.3, 0.4) is 0 Å². The minimum Gasteiger partial charge on any atom is -0.402 e. The lowest BCUT2D eigenvalue weighted by molar-refractivity contribution is 1.31. The van der Waals surface area contributed by atoms with Crippen LogP contribution in [0.2, 0.25) is 0 Å². The molecule has 0 heterocycles. The zero-order chi connectivity index (χ0) is 12.0. The van der Waals surface area contributed by atoms with E-state index in [1.807, 2.05) is 43.3 Å². The van der Waals surface area contributed by atoms with Gasteiger partial charge in [-0.1, -0.05) is 30.5 Å². The van der Waals surface area contributed by atoms with Crippen LogP contribution >= 0.6 is 11.8 Å². The van der Waals surface area contributed by atoms with Gasteiger partial charge in [-0.05, 0) is 37.3 Å². The molecule has 1 aromatic rings. The molecule has 0 spiro atoms. The first-order valence-electron chi connectivity index (χ1n) is 4.91. The number of hydrogen-bond donors (Lipinski definition) is 2. The van der Waals surface area contributed by atoms with E-state index in [0.717, 1.165) is 21.2 Å². The number of nitrogen functional groups attached to an aromatic ring is 1. The van der Waals surface area contributed by atoms with Crippen molar-refractivity contribution in [1.82, 2.24) is 0 Å². The molecule has 1 aromatic carbocycles. The molecule has 0 unspecified atom stereocenters. The van der Waals surface area contributed by atoms with E-state index in [1.165, 1.54) is 0 Å². The number of nitrogens with two attached hydrogens (primary N) is 2. The fraction of sp³-hybridized carbons (Fsp3) is 0.0769. The zero-order valence-corrected chi connectivity index (χ0v) is 10.1. The van der Waals surface area contributed by atoms with Crippen molar-refractivity contribution in [3.05, 3.63) is 59.7 Å². The van der Waals surface area contributed by atoms with E-state index in [4.69, 9.17) is 11.5 Å². The molecule has 4 N–H and O–H groups in total. The van der Waals surface area contributed by atoms with E-state index in [1.54, 1.807) is 17.8 Å². The SMILES string of the molecule is C=C/C=C(\C=C(/C)N)Sc1cccc(N)c1. The van der Waals surface area contributed by atoms with Gasteiger partial charge >= 0.3 is 0 Å². The third-order valence-corrected chi connectivity index (χ3v) is 2.73. The third kappa shape index (κ3) is 4.28. The maximum absolute atomic E-state index is 5.72. The molecule has 84 valence electrons. The second-order valence-corrected chi connectivity index (χ2v) is 4.51. The first kappa shape index (κ1) is 12.5. The van der Waals surface area contributed by atoms with Crippen molar-refractivity contribution in [3.8, 4) is 0 Å². The second kappa shape index (κ2) is 6.08. The second-order valence-electron chi connectivity index (χ2n) is 3.37. The van der Waals surface area contributed by atoms with Crippen LogP contribution in [0.15, 0.2) is 64.6 Å². The van der Waals surface area contributed by atoms with E-state index in [0.29, 0.717) is 0 Å². The van der Waals surface area contributed by atoms with Gasteiger partial charge < -0.3 is 11.5 Å². The molecule has 0 amide bonds. The van der Waals surface area contributed by atoms with Gasteiger partial charge in [-0.2, -0.15) is 0 Å². The standard InChI is InChI=1S/C13H16N2S/c1-3-5-12(8-10(2)14)16-13-7-4-6-11(15)9-13/h3-9H,1,14-15H2,2H3/b10-8+,12-5+. The van der Waals surface area contributed by atoms with Crippen LogP contribution < -0.4 is 11.5 Å². The lowest BCUT2D eigenvalue weighted by atomic mass is 10.3. The zero-order valence-electron chi connectivity index (χ0n) is 9.31. The Morgan fingerprint density at radius 1 is 1.44 bits per heavy atom. The van der Waals surface area contributed by atoms with Gasteiger partial charge in [-0.3, -0.25) is 0 Å². The smallest absolute Gasteiger partial charge is 0.0325 e. The highest BCUT2D eigenvalue weighted by Crippen LogP contribution is 2.29. The summed E-state index contributed by atoms with van der Waals surface area (Å²) in [6.45, 7) is 5.54. The highest BCUT2D eigenvalue weighted by molar-refractivity contribution is 8.03. The summed E-state index contributed by atoms with van der Waals surface area (Å²) in [6, 6.07) is 7.74. The van der Waals surface area contributed by atoms with Crippen LogP contribution in [-0.2, 0) is 0 Å². The van der Waals surface area contributed by atoms with Gasteiger partial charge in [0.25, 0.3) is 0 Å². The number of benzene rings is 1. The summed E-state index contributed by atoms with van der Waals surface area (Å²) in [5.41, 5.74) is 12.9. The van der Waals surface area contributed by atoms with Crippen molar-refractivity contribution < 1.29 is 0 Å². The van der Waals surface area contributed by atoms with Gasteiger partial charge in [0.2, 0.25) is 0 Å². The minimum atomic E-state index is 0.761. The van der Waals surface area contributed by atoms with Crippen molar-refractivity contribution in [2.24, 2.45) is 5.73 Å². The van der Waals surface area contributed by atoms with Crippen LogP contribution in [0.1, 0.15) is 6.92 Å². The Balaban J connectivity index is 2.88. The van der Waals surface area contributed by atoms with Crippen molar-refractivity contribution in [2.45, 2.75) is 11.8 Å². The molecule has 0 fully saturated rings. The van der Waals surface area contributed by atoms with Crippen LogP contribution in [0.4, 0.5) is 5.69 Å². The molecule has 16 heavy (non-hydrogen) atoms. The number of hydrogen-bond acceptors (Lipinski definition) is 3. The van der Waals surface area contributed by atoms with Crippen LogP contribution in [0.5, 0.6) is 0 Å². The monoisotopic (exact) mass is 232 g/mol. The number of anilines is 1. The lowest BCUT2D eigenvalue weighted by Gasteiger charge is -2.03. The topological polar surface area (TPSA) is 52.0 Å². The summed E-state index contributed by atoms with van der Waals surface area (Å²) < 4.78 is 0. The summed E-state index contributed by atoms with van der Waals surface area (Å²) in [4.78, 5) is 2.13. The Kier molecular flexibility index (Phi) is 4.73. The van der Waals surface area contributed by atoms with Gasteiger partial charge in [-0.25, -0.2) is 0 Å². The van der Waals surface area contributed by atoms with E-state index >= 15 is 0 Å². The quantitative estimate of drug-likeness (QED) is 0.476. The van der Waals surface area contributed by atoms with Crippen LogP contribution in [-0.4, -0.2) is 0 Å². The van der Waals surface area contributed by atoms with E-state index in [2.05, 4.69) is 6.58 Å². The normalized spacial score (nSPS) is 12.6. The molecule has 0 atom stereocenters. The molecular formula is C13H16N2S. The summed E-state index contributed by atoms with van der Waals surface area (Å²) in [6.07, 6.45) is 5.58. The number of rotatable bonds is 4. The Morgan fingerprint density at radius 3 is 2.75 bits per heavy atom. The lowest BCUT2D eigenvalue weighted by Crippen LogP contribution is -1.90. The fourth-order valence-electron chi connectivity index (χ4n) is 1.17. The predicted octanol–water partition coefficient (Wildman–Crippen LogP) is 3.29. The molecule has 0 bridgehead atoms. The maximum atomic E-state index is 5.72. The molecule has 3 heteroatoms. The average Bonchev–Trinajstić information content (AvgIpc) is 2.16. The Bertz CT molecular complexity index is 429. The first-order valence-corrected chi connectivity index (χ1v) is 5.73. The van der Waals surface area contributed by atoms with E-state index in [9.17, 15) is 0 Å². The fourth-order valence-corrected chi connectivity index (χ4v) is 2.19. The van der Waals surface area contributed by atoms with Crippen molar-refractivity contribution >= 4 is 17.4 Å². The van der Waals surface area contributed by atoms with Crippen molar-refractivity contribution in [1.29, 1.82) is 0 Å². The van der Waals surface area contributed by atoms with Gasteiger partial charge in [0.1, 0.15) is 0 Å². The summed E-state index contributed by atoms with van der Waals surface area (Å²) in [5.74, 6) is 0. The van der Waals surface area contributed by atoms with E-state index in [-0.39, 0.29) is 0 Å². The van der Waals surface area contributed by atoms with Crippen molar-refractivity contribution in [3.63, 3.8) is 0 Å². The minimum absolute atomic E-state index is 0.761.